The van der Waals surface area contributed by atoms with Gasteiger partial charge in [-0.3, -0.25) is 0 Å². The molecule has 0 saturated heterocycles. The van der Waals surface area contributed by atoms with Gasteiger partial charge in [-0.2, -0.15) is 4.72 Å². The molecular formula is C14H20N2O2S2. The minimum absolute atomic E-state index is 0.244. The standard InChI is InChI=1S/C14H20N2O2S2/c1-11-6-5-7-12(10-11)20(17,18)16-14(13(15)19)8-3-2-4-9-14/h5-7,10,16H,2-4,8-9H2,1H3,(H2,15,19). The number of benzene rings is 1. The average Bonchev–Trinajstić information content (AvgIpc) is 2.39. The first kappa shape index (κ1) is 15.4. The van der Waals surface area contributed by atoms with Crippen LogP contribution in [0.5, 0.6) is 0 Å². The molecule has 4 nitrogen and oxygen atoms in total. The van der Waals surface area contributed by atoms with Crippen molar-refractivity contribution in [1.29, 1.82) is 0 Å². The van der Waals surface area contributed by atoms with Crippen LogP contribution in [0.3, 0.4) is 0 Å². The van der Waals surface area contributed by atoms with Gasteiger partial charge in [0.25, 0.3) is 0 Å². The van der Waals surface area contributed by atoms with Crippen LogP contribution in [0.2, 0.25) is 0 Å². The summed E-state index contributed by atoms with van der Waals surface area (Å²) >= 11 is 5.12. The van der Waals surface area contributed by atoms with Gasteiger partial charge in [-0.25, -0.2) is 8.42 Å². The fourth-order valence-corrected chi connectivity index (χ4v) is 4.52. The van der Waals surface area contributed by atoms with Gasteiger partial charge in [0, 0.05) is 0 Å². The van der Waals surface area contributed by atoms with Crippen LogP contribution in [0.25, 0.3) is 0 Å². The average molecular weight is 312 g/mol. The molecule has 1 fully saturated rings. The SMILES string of the molecule is Cc1cccc(S(=O)(=O)NC2(C(N)=S)CCCCC2)c1. The predicted molar refractivity (Wildman–Crippen MR) is 84.1 cm³/mol. The summed E-state index contributed by atoms with van der Waals surface area (Å²) < 4.78 is 27.8. The van der Waals surface area contributed by atoms with Gasteiger partial charge in [0.15, 0.2) is 0 Å². The second kappa shape index (κ2) is 5.79. The smallest absolute Gasteiger partial charge is 0.241 e. The lowest BCUT2D eigenvalue weighted by atomic mass is 9.82. The molecule has 0 amide bonds. The van der Waals surface area contributed by atoms with Crippen LogP contribution >= 0.6 is 12.2 Å². The highest BCUT2D eigenvalue weighted by Crippen LogP contribution is 2.30. The Hall–Kier alpha value is -0.980. The number of sulfonamides is 1. The van der Waals surface area contributed by atoms with Crippen LogP contribution in [-0.2, 0) is 10.0 Å². The minimum Gasteiger partial charge on any atom is -0.392 e. The van der Waals surface area contributed by atoms with Crippen LogP contribution in [0.1, 0.15) is 37.7 Å². The van der Waals surface area contributed by atoms with E-state index in [4.69, 9.17) is 18.0 Å². The van der Waals surface area contributed by atoms with E-state index < -0.39 is 15.6 Å². The Balaban J connectivity index is 2.32. The summed E-state index contributed by atoms with van der Waals surface area (Å²) in [6, 6.07) is 6.84. The first-order valence-corrected chi connectivity index (χ1v) is 8.65. The van der Waals surface area contributed by atoms with Crippen molar-refractivity contribution in [3.05, 3.63) is 29.8 Å². The third-order valence-electron chi connectivity index (χ3n) is 3.81. The first-order chi connectivity index (χ1) is 9.36. The highest BCUT2D eigenvalue weighted by molar-refractivity contribution is 7.89. The number of nitrogens with one attached hydrogen (secondary N) is 1. The maximum absolute atomic E-state index is 12.5. The number of hydrogen-bond donors (Lipinski definition) is 2. The van der Waals surface area contributed by atoms with E-state index in [9.17, 15) is 8.42 Å². The molecule has 1 aliphatic rings. The van der Waals surface area contributed by atoms with Gasteiger partial charge < -0.3 is 5.73 Å². The maximum Gasteiger partial charge on any atom is 0.241 e. The van der Waals surface area contributed by atoms with Crippen LogP contribution < -0.4 is 10.5 Å². The van der Waals surface area contributed by atoms with Gasteiger partial charge in [-0.15, -0.1) is 0 Å². The Morgan fingerprint density at radius 1 is 1.30 bits per heavy atom. The summed E-state index contributed by atoms with van der Waals surface area (Å²) in [5, 5.41) is 0. The van der Waals surface area contributed by atoms with Crippen molar-refractivity contribution in [2.75, 3.05) is 0 Å². The second-order valence-corrected chi connectivity index (χ2v) is 7.55. The fourth-order valence-electron chi connectivity index (χ4n) is 2.65. The van der Waals surface area contributed by atoms with E-state index in [1.807, 2.05) is 13.0 Å². The monoisotopic (exact) mass is 312 g/mol. The summed E-state index contributed by atoms with van der Waals surface area (Å²) in [5.74, 6) is 0. The third kappa shape index (κ3) is 3.19. The Labute approximate surface area is 125 Å². The Kier molecular flexibility index (Phi) is 4.46. The van der Waals surface area contributed by atoms with Crippen molar-refractivity contribution in [3.63, 3.8) is 0 Å². The van der Waals surface area contributed by atoms with Crippen LogP contribution in [0.4, 0.5) is 0 Å². The van der Waals surface area contributed by atoms with Crippen molar-refractivity contribution in [2.45, 2.75) is 49.5 Å². The Morgan fingerprint density at radius 2 is 1.95 bits per heavy atom. The largest absolute Gasteiger partial charge is 0.392 e. The summed E-state index contributed by atoms with van der Waals surface area (Å²) in [7, 11) is -3.60. The van der Waals surface area contributed by atoms with Crippen molar-refractivity contribution in [2.24, 2.45) is 5.73 Å². The molecule has 6 heteroatoms. The molecule has 2 rings (SSSR count). The zero-order valence-corrected chi connectivity index (χ0v) is 13.2. The van der Waals surface area contributed by atoms with Crippen LogP contribution in [0, 0.1) is 6.92 Å². The Morgan fingerprint density at radius 3 is 2.50 bits per heavy atom. The van der Waals surface area contributed by atoms with E-state index in [1.54, 1.807) is 18.2 Å². The van der Waals surface area contributed by atoms with E-state index in [0.29, 0.717) is 12.8 Å². The highest BCUT2D eigenvalue weighted by atomic mass is 32.2. The molecule has 0 atom stereocenters. The Bertz CT molecular complexity index is 605. The molecule has 3 N–H and O–H groups in total. The topological polar surface area (TPSA) is 72.2 Å². The fraction of sp³-hybridized carbons (Fsp3) is 0.500. The molecule has 1 aliphatic carbocycles. The number of aryl methyl sites for hydroxylation is 1. The molecule has 110 valence electrons. The van der Waals surface area contributed by atoms with Crippen molar-refractivity contribution in [1.82, 2.24) is 4.72 Å². The van der Waals surface area contributed by atoms with Gasteiger partial charge in [0.2, 0.25) is 10.0 Å². The van der Waals surface area contributed by atoms with Gasteiger partial charge in [-0.05, 0) is 37.5 Å². The summed E-state index contributed by atoms with van der Waals surface area (Å²) in [6.07, 6.45) is 4.32. The maximum atomic E-state index is 12.5. The molecule has 1 aromatic rings. The zero-order chi connectivity index (χ0) is 14.8. The van der Waals surface area contributed by atoms with E-state index >= 15 is 0 Å². The van der Waals surface area contributed by atoms with Crippen LogP contribution in [-0.4, -0.2) is 18.9 Å². The molecule has 0 aromatic heterocycles. The lowest BCUT2D eigenvalue weighted by Gasteiger charge is -2.36. The highest BCUT2D eigenvalue weighted by Gasteiger charge is 2.39. The van der Waals surface area contributed by atoms with Crippen molar-refractivity contribution in [3.8, 4) is 0 Å². The van der Waals surface area contributed by atoms with Crippen molar-refractivity contribution < 1.29 is 8.42 Å². The lowest BCUT2D eigenvalue weighted by Crippen LogP contribution is -2.57. The summed E-state index contributed by atoms with van der Waals surface area (Å²) in [4.78, 5) is 0.507. The van der Waals surface area contributed by atoms with Crippen LogP contribution in [0.15, 0.2) is 29.2 Å². The number of hydrogen-bond acceptors (Lipinski definition) is 3. The molecule has 0 bridgehead atoms. The molecule has 0 spiro atoms. The number of thiocarbonyl (C=S) groups is 1. The van der Waals surface area contributed by atoms with Gasteiger partial charge >= 0.3 is 0 Å². The van der Waals surface area contributed by atoms with E-state index in [1.165, 1.54) is 0 Å². The first-order valence-electron chi connectivity index (χ1n) is 6.76. The minimum atomic E-state index is -3.60. The molecule has 1 aromatic carbocycles. The van der Waals surface area contributed by atoms with E-state index in [2.05, 4.69) is 4.72 Å². The molecule has 0 radical (unpaired) electrons. The van der Waals surface area contributed by atoms with Gasteiger partial charge in [-0.1, -0.05) is 43.6 Å². The predicted octanol–water partition coefficient (Wildman–Crippen LogP) is 2.26. The quantitative estimate of drug-likeness (QED) is 0.837. The molecule has 0 unspecified atom stereocenters. The normalized spacial score (nSPS) is 18.6. The van der Waals surface area contributed by atoms with E-state index in [-0.39, 0.29) is 9.88 Å². The van der Waals surface area contributed by atoms with Gasteiger partial charge in [0.05, 0.1) is 15.4 Å². The lowest BCUT2D eigenvalue weighted by molar-refractivity contribution is 0.353. The van der Waals surface area contributed by atoms with Crippen molar-refractivity contribution >= 4 is 27.2 Å². The molecule has 0 aliphatic heterocycles. The zero-order valence-electron chi connectivity index (χ0n) is 11.6. The molecule has 20 heavy (non-hydrogen) atoms. The number of nitrogens with two attached hydrogens (primary N) is 1. The number of rotatable bonds is 4. The van der Waals surface area contributed by atoms with Gasteiger partial charge in [0.1, 0.15) is 0 Å². The second-order valence-electron chi connectivity index (χ2n) is 5.43. The molecule has 0 heterocycles. The molecular weight excluding hydrogens is 292 g/mol. The third-order valence-corrected chi connectivity index (χ3v) is 5.73. The summed E-state index contributed by atoms with van der Waals surface area (Å²) in [6.45, 7) is 1.86. The van der Waals surface area contributed by atoms with E-state index in [0.717, 1.165) is 24.8 Å². The summed E-state index contributed by atoms with van der Waals surface area (Å²) in [5.41, 5.74) is 5.96. The molecule has 1 saturated carbocycles.